The fraction of sp³-hybridized carbons (Fsp3) is 0.227. The third kappa shape index (κ3) is 5.08. The topological polar surface area (TPSA) is 58.1 Å². The first kappa shape index (κ1) is 19.8. The molecule has 28 heavy (non-hydrogen) atoms. The van der Waals surface area contributed by atoms with Crippen LogP contribution in [0.3, 0.4) is 0 Å². The van der Waals surface area contributed by atoms with Crippen molar-refractivity contribution in [3.63, 3.8) is 0 Å². The molecule has 2 aromatic carbocycles. The maximum atomic E-state index is 12.5. The molecule has 5 nitrogen and oxygen atoms in total. The van der Waals surface area contributed by atoms with Crippen LogP contribution in [0.2, 0.25) is 5.02 Å². The van der Waals surface area contributed by atoms with E-state index < -0.39 is 0 Å². The van der Waals surface area contributed by atoms with Crippen molar-refractivity contribution < 1.29 is 4.79 Å². The summed E-state index contributed by atoms with van der Waals surface area (Å²) in [7, 11) is 0. The second-order valence-corrected chi connectivity index (χ2v) is 6.90. The second kappa shape index (κ2) is 9.33. The van der Waals surface area contributed by atoms with Crippen molar-refractivity contribution in [2.75, 3.05) is 18.0 Å². The lowest BCUT2D eigenvalue weighted by molar-refractivity contribution is 0.0949. The molecule has 1 aromatic heterocycles. The number of nitrogens with zero attached hydrogens (tertiary/aromatic N) is 3. The molecular formula is C22H23ClN4O. The summed E-state index contributed by atoms with van der Waals surface area (Å²) in [6.45, 7) is 5.28. The van der Waals surface area contributed by atoms with Crippen molar-refractivity contribution >= 4 is 29.1 Å². The Labute approximate surface area is 170 Å². The summed E-state index contributed by atoms with van der Waals surface area (Å²) < 4.78 is 0. The number of aromatic nitrogens is 2. The molecule has 0 bridgehead atoms. The zero-order valence-corrected chi connectivity index (χ0v) is 16.8. The van der Waals surface area contributed by atoms with E-state index in [0.29, 0.717) is 36.2 Å². The fourth-order valence-corrected chi connectivity index (χ4v) is 3.16. The van der Waals surface area contributed by atoms with Crippen LogP contribution in [-0.2, 0) is 6.42 Å². The zero-order chi connectivity index (χ0) is 19.9. The SMILES string of the molecule is CCN(c1cccc(C)c1)c1nccc(C(=O)NCCc2cccc(Cl)c2)n1. The van der Waals surface area contributed by atoms with Crippen LogP contribution in [0.4, 0.5) is 11.6 Å². The van der Waals surface area contributed by atoms with Crippen molar-refractivity contribution in [2.24, 2.45) is 0 Å². The minimum atomic E-state index is -0.217. The molecule has 1 heterocycles. The van der Waals surface area contributed by atoms with E-state index in [0.717, 1.165) is 16.8 Å². The number of hydrogen-bond donors (Lipinski definition) is 1. The van der Waals surface area contributed by atoms with Gasteiger partial charge in [0.2, 0.25) is 5.95 Å². The summed E-state index contributed by atoms with van der Waals surface area (Å²) in [5, 5.41) is 3.60. The normalized spacial score (nSPS) is 10.5. The van der Waals surface area contributed by atoms with E-state index in [1.165, 1.54) is 0 Å². The molecule has 0 aliphatic carbocycles. The standard InChI is InChI=1S/C22H23ClN4O/c1-3-27(19-9-4-6-16(2)14-19)22-25-13-11-20(26-22)21(28)24-12-10-17-7-5-8-18(23)15-17/h4-9,11,13-15H,3,10,12H2,1-2H3,(H,24,28). The van der Waals surface area contributed by atoms with E-state index in [2.05, 4.69) is 21.4 Å². The summed E-state index contributed by atoms with van der Waals surface area (Å²) in [6.07, 6.45) is 2.32. The van der Waals surface area contributed by atoms with E-state index in [1.54, 1.807) is 12.3 Å². The summed E-state index contributed by atoms with van der Waals surface area (Å²) >= 11 is 5.99. The molecule has 1 amide bonds. The Kier molecular flexibility index (Phi) is 6.61. The van der Waals surface area contributed by atoms with Crippen LogP contribution in [0.25, 0.3) is 0 Å². The maximum Gasteiger partial charge on any atom is 0.270 e. The molecule has 0 aliphatic heterocycles. The van der Waals surface area contributed by atoms with Crippen molar-refractivity contribution in [1.82, 2.24) is 15.3 Å². The Balaban J connectivity index is 1.68. The lowest BCUT2D eigenvalue weighted by atomic mass is 10.1. The first-order valence-corrected chi connectivity index (χ1v) is 9.64. The predicted octanol–water partition coefficient (Wildman–Crippen LogP) is 4.57. The van der Waals surface area contributed by atoms with Gasteiger partial charge in [0.05, 0.1) is 0 Å². The molecule has 144 valence electrons. The van der Waals surface area contributed by atoms with Crippen LogP contribution in [0.1, 0.15) is 28.5 Å². The number of nitrogens with one attached hydrogen (secondary N) is 1. The highest BCUT2D eigenvalue weighted by Gasteiger charge is 2.14. The van der Waals surface area contributed by atoms with Gasteiger partial charge >= 0.3 is 0 Å². The largest absolute Gasteiger partial charge is 0.350 e. The highest BCUT2D eigenvalue weighted by Crippen LogP contribution is 2.22. The number of benzene rings is 2. The van der Waals surface area contributed by atoms with Crippen molar-refractivity contribution in [3.8, 4) is 0 Å². The molecule has 0 unspecified atom stereocenters. The summed E-state index contributed by atoms with van der Waals surface area (Å²) in [5.41, 5.74) is 3.59. The molecule has 3 aromatic rings. The molecule has 0 spiro atoms. The molecule has 1 N–H and O–H groups in total. The van der Waals surface area contributed by atoms with Gasteiger partial charge in [-0.2, -0.15) is 0 Å². The van der Waals surface area contributed by atoms with Gasteiger partial charge in [-0.3, -0.25) is 4.79 Å². The Hall–Kier alpha value is -2.92. The number of rotatable bonds is 7. The molecule has 0 atom stereocenters. The van der Waals surface area contributed by atoms with Gasteiger partial charge in [-0.1, -0.05) is 35.9 Å². The number of carbonyl (C=O) groups is 1. The average Bonchev–Trinajstić information content (AvgIpc) is 2.69. The van der Waals surface area contributed by atoms with Crippen LogP contribution < -0.4 is 10.2 Å². The Morgan fingerprint density at radius 2 is 1.96 bits per heavy atom. The third-order valence-corrected chi connectivity index (χ3v) is 4.57. The number of halogens is 1. The van der Waals surface area contributed by atoms with Gasteiger partial charge in [-0.15, -0.1) is 0 Å². The zero-order valence-electron chi connectivity index (χ0n) is 16.0. The van der Waals surface area contributed by atoms with E-state index in [-0.39, 0.29) is 5.91 Å². The molecule has 0 fully saturated rings. The average molecular weight is 395 g/mol. The van der Waals surface area contributed by atoms with E-state index in [9.17, 15) is 4.79 Å². The number of carbonyl (C=O) groups excluding carboxylic acids is 1. The highest BCUT2D eigenvalue weighted by atomic mass is 35.5. The smallest absolute Gasteiger partial charge is 0.270 e. The highest BCUT2D eigenvalue weighted by molar-refractivity contribution is 6.30. The lowest BCUT2D eigenvalue weighted by Gasteiger charge is -2.21. The van der Waals surface area contributed by atoms with Gasteiger partial charge in [-0.05, 0) is 61.7 Å². The van der Waals surface area contributed by atoms with Gasteiger partial charge in [0.1, 0.15) is 5.69 Å². The summed E-state index contributed by atoms with van der Waals surface area (Å²) in [6, 6.07) is 17.4. The van der Waals surface area contributed by atoms with Crippen molar-refractivity contribution in [2.45, 2.75) is 20.3 Å². The van der Waals surface area contributed by atoms with Crippen LogP contribution in [-0.4, -0.2) is 29.0 Å². The van der Waals surface area contributed by atoms with E-state index in [1.807, 2.05) is 61.2 Å². The number of aryl methyl sites for hydroxylation is 1. The Morgan fingerprint density at radius 3 is 2.71 bits per heavy atom. The summed E-state index contributed by atoms with van der Waals surface area (Å²) in [4.78, 5) is 23.3. The maximum absolute atomic E-state index is 12.5. The van der Waals surface area contributed by atoms with Gasteiger partial charge in [0, 0.05) is 30.0 Å². The molecule has 0 aliphatic rings. The first-order chi connectivity index (χ1) is 13.6. The first-order valence-electron chi connectivity index (χ1n) is 9.26. The van der Waals surface area contributed by atoms with Gasteiger partial charge in [0.25, 0.3) is 5.91 Å². The van der Waals surface area contributed by atoms with E-state index >= 15 is 0 Å². The van der Waals surface area contributed by atoms with Crippen molar-refractivity contribution in [3.05, 3.63) is 82.6 Å². The number of amides is 1. The minimum absolute atomic E-state index is 0.217. The Bertz CT molecular complexity index is 961. The number of anilines is 2. The molecule has 6 heteroatoms. The van der Waals surface area contributed by atoms with Crippen LogP contribution in [0.5, 0.6) is 0 Å². The quantitative estimate of drug-likeness (QED) is 0.637. The molecule has 0 saturated heterocycles. The van der Waals surface area contributed by atoms with Crippen LogP contribution >= 0.6 is 11.6 Å². The second-order valence-electron chi connectivity index (χ2n) is 6.46. The van der Waals surface area contributed by atoms with Crippen molar-refractivity contribution in [1.29, 1.82) is 0 Å². The van der Waals surface area contributed by atoms with Gasteiger partial charge in [0.15, 0.2) is 0 Å². The van der Waals surface area contributed by atoms with Crippen LogP contribution in [0, 0.1) is 6.92 Å². The monoisotopic (exact) mass is 394 g/mol. The molecule has 0 radical (unpaired) electrons. The molecule has 3 rings (SSSR count). The number of hydrogen-bond acceptors (Lipinski definition) is 4. The van der Waals surface area contributed by atoms with Gasteiger partial charge < -0.3 is 10.2 Å². The third-order valence-electron chi connectivity index (χ3n) is 4.33. The molecular weight excluding hydrogens is 372 g/mol. The van der Waals surface area contributed by atoms with E-state index in [4.69, 9.17) is 11.6 Å². The fourth-order valence-electron chi connectivity index (χ4n) is 2.94. The lowest BCUT2D eigenvalue weighted by Crippen LogP contribution is -2.27. The molecule has 0 saturated carbocycles. The summed E-state index contributed by atoms with van der Waals surface area (Å²) in [5.74, 6) is 0.293. The van der Waals surface area contributed by atoms with Crippen LogP contribution in [0.15, 0.2) is 60.8 Å². The predicted molar refractivity (Wildman–Crippen MR) is 113 cm³/mol. The minimum Gasteiger partial charge on any atom is -0.350 e. The van der Waals surface area contributed by atoms with Gasteiger partial charge in [-0.25, -0.2) is 9.97 Å². The Morgan fingerprint density at radius 1 is 1.14 bits per heavy atom.